The van der Waals surface area contributed by atoms with Gasteiger partial charge in [0.2, 0.25) is 5.88 Å². The normalized spacial score (nSPS) is 18.9. The lowest BCUT2D eigenvalue weighted by atomic mass is 10.1. The van der Waals surface area contributed by atoms with E-state index in [2.05, 4.69) is 15.2 Å². The van der Waals surface area contributed by atoms with Gasteiger partial charge in [-0.1, -0.05) is 23.7 Å². The van der Waals surface area contributed by atoms with E-state index in [0.29, 0.717) is 30.3 Å². The summed E-state index contributed by atoms with van der Waals surface area (Å²) in [5, 5.41) is 11.9. The number of nitrogens with zero attached hydrogens (tertiary/aromatic N) is 3. The number of carbonyl (C=O) groups excluding carboxylic acids is 1. The first-order chi connectivity index (χ1) is 15.2. The second kappa shape index (κ2) is 10.6. The molecule has 8 nitrogen and oxygen atoms in total. The van der Waals surface area contributed by atoms with Gasteiger partial charge in [-0.25, -0.2) is 9.37 Å². The van der Waals surface area contributed by atoms with Crippen LogP contribution in [0.25, 0.3) is 0 Å². The van der Waals surface area contributed by atoms with Crippen molar-refractivity contribution in [2.45, 2.75) is 32.5 Å². The maximum Gasteiger partial charge on any atom is 0.322 e. The largest absolute Gasteiger partial charge is 0.480 e. The molecule has 32 heavy (non-hydrogen) atoms. The van der Waals surface area contributed by atoms with Gasteiger partial charge in [0.15, 0.2) is 6.61 Å². The summed E-state index contributed by atoms with van der Waals surface area (Å²) in [5.41, 5.74) is 1.32. The van der Waals surface area contributed by atoms with Crippen LogP contribution in [0.5, 0.6) is 5.88 Å². The van der Waals surface area contributed by atoms with Crippen LogP contribution in [0.3, 0.4) is 0 Å². The minimum Gasteiger partial charge on any atom is -0.480 e. The predicted octanol–water partition coefficient (Wildman–Crippen LogP) is 2.87. The Morgan fingerprint density at radius 1 is 1.25 bits per heavy atom. The van der Waals surface area contributed by atoms with Crippen molar-refractivity contribution in [1.29, 1.82) is 0 Å². The zero-order chi connectivity index (χ0) is 23.3. The van der Waals surface area contributed by atoms with Crippen LogP contribution >= 0.6 is 11.6 Å². The Kier molecular flexibility index (Phi) is 7.87. The zero-order valence-corrected chi connectivity index (χ0v) is 18.7. The number of amides is 1. The molecule has 1 amide bonds. The molecule has 3 rings (SSSR count). The van der Waals surface area contributed by atoms with Crippen molar-refractivity contribution in [3.8, 4) is 5.88 Å². The summed E-state index contributed by atoms with van der Waals surface area (Å²) < 4.78 is 18.7. The highest BCUT2D eigenvalue weighted by atomic mass is 35.5. The predicted molar refractivity (Wildman–Crippen MR) is 118 cm³/mol. The minimum atomic E-state index is -1.05. The van der Waals surface area contributed by atoms with Gasteiger partial charge < -0.3 is 20.1 Å². The Morgan fingerprint density at radius 2 is 1.97 bits per heavy atom. The Bertz CT molecular complexity index is 959. The van der Waals surface area contributed by atoms with Crippen LogP contribution in [0.4, 0.5) is 10.1 Å². The Hall–Kier alpha value is -2.91. The van der Waals surface area contributed by atoms with Crippen LogP contribution in [0, 0.1) is 5.82 Å². The maximum atomic E-state index is 13.2. The Morgan fingerprint density at radius 3 is 2.66 bits per heavy atom. The van der Waals surface area contributed by atoms with E-state index >= 15 is 0 Å². The third-order valence-electron chi connectivity index (χ3n) is 5.31. The van der Waals surface area contributed by atoms with Crippen molar-refractivity contribution in [2.24, 2.45) is 0 Å². The minimum absolute atomic E-state index is 0.0365. The van der Waals surface area contributed by atoms with Gasteiger partial charge in [0.25, 0.3) is 5.91 Å². The molecular weight excluding hydrogens is 439 g/mol. The molecule has 2 aromatic rings. The molecule has 1 saturated heterocycles. The number of pyridine rings is 1. The average Bonchev–Trinajstić information content (AvgIpc) is 2.75. The second-order valence-electron chi connectivity index (χ2n) is 7.84. The number of rotatable bonds is 8. The standard InChI is InChI=1S/C22H26ClFN4O4/c1-14-11-28(15(2)10-27(14)12-16-3-5-18(24)6-4-16)20(29)13-32-22-19(25-9-21(30)31)7-17(23)8-26-22/h3-8,14-15,25H,9-13H2,1-2H3,(H,30,31)/t14-,15+/m0/s1. The van der Waals surface area contributed by atoms with Crippen molar-refractivity contribution < 1.29 is 23.8 Å². The highest BCUT2D eigenvalue weighted by molar-refractivity contribution is 6.30. The summed E-state index contributed by atoms with van der Waals surface area (Å²) in [5.74, 6) is -1.39. The number of hydrogen-bond acceptors (Lipinski definition) is 6. The lowest BCUT2D eigenvalue weighted by molar-refractivity contribution is -0.139. The molecule has 1 aliphatic rings. The van der Waals surface area contributed by atoms with Crippen molar-refractivity contribution in [2.75, 3.05) is 31.6 Å². The number of aromatic nitrogens is 1. The third kappa shape index (κ3) is 6.30. The number of ether oxygens (including phenoxy) is 1. The molecule has 2 atom stereocenters. The third-order valence-corrected chi connectivity index (χ3v) is 5.52. The number of anilines is 1. The van der Waals surface area contributed by atoms with Gasteiger partial charge in [0, 0.05) is 37.9 Å². The molecule has 2 heterocycles. The average molecular weight is 465 g/mol. The molecule has 0 radical (unpaired) electrons. The topological polar surface area (TPSA) is 95.0 Å². The van der Waals surface area contributed by atoms with Crippen LogP contribution < -0.4 is 10.1 Å². The highest BCUT2D eigenvalue weighted by Gasteiger charge is 2.32. The fourth-order valence-corrected chi connectivity index (χ4v) is 3.80. The van der Waals surface area contributed by atoms with Crippen LogP contribution in [-0.2, 0) is 16.1 Å². The van der Waals surface area contributed by atoms with Crippen LogP contribution in [0.15, 0.2) is 36.5 Å². The zero-order valence-electron chi connectivity index (χ0n) is 17.9. The van der Waals surface area contributed by atoms with Gasteiger partial charge in [-0.05, 0) is 37.6 Å². The molecule has 0 spiro atoms. The van der Waals surface area contributed by atoms with E-state index in [0.717, 1.165) is 5.56 Å². The van der Waals surface area contributed by atoms with E-state index in [-0.39, 0.29) is 42.8 Å². The van der Waals surface area contributed by atoms with E-state index in [1.165, 1.54) is 24.4 Å². The lowest BCUT2D eigenvalue weighted by Gasteiger charge is -2.44. The maximum absolute atomic E-state index is 13.2. The summed E-state index contributed by atoms with van der Waals surface area (Å²) in [6.07, 6.45) is 1.37. The number of carboxylic acids is 1. The number of nitrogens with one attached hydrogen (secondary N) is 1. The van der Waals surface area contributed by atoms with Crippen molar-refractivity contribution in [3.05, 3.63) is 52.9 Å². The number of halogens is 2. The molecule has 1 fully saturated rings. The summed E-state index contributed by atoms with van der Waals surface area (Å²) in [4.78, 5) is 31.8. The van der Waals surface area contributed by atoms with Gasteiger partial charge >= 0.3 is 5.97 Å². The second-order valence-corrected chi connectivity index (χ2v) is 8.28. The molecule has 1 aromatic heterocycles. The lowest BCUT2D eigenvalue weighted by Crippen LogP contribution is -2.58. The van der Waals surface area contributed by atoms with Gasteiger partial charge in [0.1, 0.15) is 12.4 Å². The van der Waals surface area contributed by atoms with Gasteiger partial charge in [0.05, 0.1) is 10.7 Å². The monoisotopic (exact) mass is 464 g/mol. The van der Waals surface area contributed by atoms with E-state index in [1.807, 2.05) is 13.8 Å². The SMILES string of the molecule is C[C@@H]1CN(Cc2ccc(F)cc2)[C@@H](C)CN1C(=O)COc1ncc(Cl)cc1NCC(=O)O. The Labute approximate surface area is 190 Å². The molecule has 0 bridgehead atoms. The van der Waals surface area contributed by atoms with E-state index in [1.54, 1.807) is 17.0 Å². The van der Waals surface area contributed by atoms with E-state index in [9.17, 15) is 14.0 Å². The number of piperazine rings is 1. The summed E-state index contributed by atoms with van der Waals surface area (Å²) >= 11 is 5.93. The molecule has 2 N–H and O–H groups in total. The van der Waals surface area contributed by atoms with E-state index < -0.39 is 5.97 Å². The quantitative estimate of drug-likeness (QED) is 0.620. The van der Waals surface area contributed by atoms with Crippen molar-refractivity contribution in [1.82, 2.24) is 14.8 Å². The number of aliphatic carboxylic acids is 1. The molecule has 10 heteroatoms. The Balaban J connectivity index is 1.58. The fraction of sp³-hybridized carbons (Fsp3) is 0.409. The first-order valence-corrected chi connectivity index (χ1v) is 10.6. The number of benzene rings is 1. The molecule has 0 unspecified atom stereocenters. The summed E-state index contributed by atoms with van der Waals surface area (Å²) in [7, 11) is 0. The smallest absolute Gasteiger partial charge is 0.322 e. The number of hydrogen-bond donors (Lipinski definition) is 2. The molecule has 1 aromatic carbocycles. The van der Waals surface area contributed by atoms with Crippen molar-refractivity contribution >= 4 is 29.2 Å². The molecule has 1 aliphatic heterocycles. The number of carbonyl (C=O) groups is 2. The first kappa shape index (κ1) is 23.7. The van der Waals surface area contributed by atoms with Gasteiger partial charge in [-0.2, -0.15) is 0 Å². The highest BCUT2D eigenvalue weighted by Crippen LogP contribution is 2.25. The van der Waals surface area contributed by atoms with Crippen LogP contribution in [0.1, 0.15) is 19.4 Å². The van der Waals surface area contributed by atoms with Crippen LogP contribution in [0.2, 0.25) is 5.02 Å². The van der Waals surface area contributed by atoms with Crippen LogP contribution in [-0.4, -0.2) is 70.1 Å². The molecule has 0 saturated carbocycles. The summed E-state index contributed by atoms with van der Waals surface area (Å²) in [6, 6.07) is 8.01. The molecule has 0 aliphatic carbocycles. The van der Waals surface area contributed by atoms with E-state index in [4.69, 9.17) is 21.4 Å². The number of carboxylic acid groups (broad SMARTS) is 1. The van der Waals surface area contributed by atoms with Gasteiger partial charge in [-0.15, -0.1) is 0 Å². The molecular formula is C22H26ClFN4O4. The first-order valence-electron chi connectivity index (χ1n) is 10.2. The van der Waals surface area contributed by atoms with Gasteiger partial charge in [-0.3, -0.25) is 14.5 Å². The van der Waals surface area contributed by atoms with Crippen molar-refractivity contribution in [3.63, 3.8) is 0 Å². The molecule has 172 valence electrons. The summed E-state index contributed by atoms with van der Waals surface area (Å²) in [6.45, 7) is 5.34. The fourth-order valence-electron chi connectivity index (χ4n) is 3.64.